The SMILES string of the molecule is Cc1cc2sc(C=C3C=C(/C=C4\Sc5cc([N+](=O)[O-])sc5N4CS(=O)(=O)[O-])CC(C)(C)C3)[n+](CS(=O)(=O)[O-])c2s1. The summed E-state index contributed by atoms with van der Waals surface area (Å²) >= 11 is 4.79. The van der Waals surface area contributed by atoms with Gasteiger partial charge in [-0.05, 0) is 59.8 Å². The van der Waals surface area contributed by atoms with E-state index in [4.69, 9.17) is 0 Å². The minimum atomic E-state index is -4.69. The summed E-state index contributed by atoms with van der Waals surface area (Å²) in [5.74, 6) is -1.54. The van der Waals surface area contributed by atoms with Crippen LogP contribution in [0.25, 0.3) is 15.6 Å². The molecule has 3 aromatic rings. The van der Waals surface area contributed by atoms with E-state index in [1.807, 2.05) is 25.1 Å². The van der Waals surface area contributed by atoms with Crippen LogP contribution in [0.5, 0.6) is 0 Å². The van der Waals surface area contributed by atoms with Crippen LogP contribution in [-0.4, -0.2) is 36.7 Å². The molecule has 0 fully saturated rings. The molecule has 0 bridgehead atoms. The van der Waals surface area contributed by atoms with E-state index in [0.29, 0.717) is 37.6 Å². The largest absolute Gasteiger partial charge is 0.747 e. The topological polar surface area (TPSA) is 165 Å². The molecule has 4 heterocycles. The van der Waals surface area contributed by atoms with Crippen LogP contribution in [0.15, 0.2) is 45.4 Å². The fourth-order valence-electron chi connectivity index (χ4n) is 4.77. The molecule has 17 heteroatoms. The van der Waals surface area contributed by atoms with E-state index in [2.05, 4.69) is 13.8 Å². The van der Waals surface area contributed by atoms with Crippen LogP contribution in [0, 0.1) is 22.5 Å². The van der Waals surface area contributed by atoms with E-state index in [9.17, 15) is 36.1 Å². The summed E-state index contributed by atoms with van der Waals surface area (Å²) in [7, 11) is -9.23. The maximum atomic E-state index is 11.7. The van der Waals surface area contributed by atoms with Crippen molar-refractivity contribution in [2.45, 2.75) is 44.4 Å². The molecule has 0 spiro atoms. The van der Waals surface area contributed by atoms with Gasteiger partial charge in [-0.15, -0.1) is 0 Å². The average molecular weight is 661 g/mol. The van der Waals surface area contributed by atoms with E-state index in [1.54, 1.807) is 6.08 Å². The standard InChI is InChI=1S/C23H23N3O8S6/c1-13-4-16-21(35-13)24(11-39(29,30)31)18(36-16)6-14-5-15(10-23(2,3)9-14)7-19-25(12-40(32,33)34)22-17(37-19)8-20(38-22)26(27)28/h4-8H,9-12H2,1-3H3,(H-,29,30,31,32,33,34)/p-1. The number of thiazole rings is 1. The number of fused-ring (bicyclic) bond motifs is 2. The van der Waals surface area contributed by atoms with Crippen LogP contribution >= 0.6 is 45.8 Å². The molecule has 1 aliphatic carbocycles. The van der Waals surface area contributed by atoms with Gasteiger partial charge in [0.15, 0.2) is 10.1 Å². The second kappa shape index (κ2) is 10.3. The highest BCUT2D eigenvalue weighted by molar-refractivity contribution is 8.04. The molecule has 0 atom stereocenters. The Hall–Kier alpha value is -2.12. The van der Waals surface area contributed by atoms with Gasteiger partial charge in [0.25, 0.3) is 9.84 Å². The quantitative estimate of drug-likeness (QED) is 0.144. The molecule has 214 valence electrons. The monoisotopic (exact) mass is 660 g/mol. The maximum absolute atomic E-state index is 11.7. The first-order valence-electron chi connectivity index (χ1n) is 11.6. The van der Waals surface area contributed by atoms with Gasteiger partial charge in [0.05, 0.1) is 14.8 Å². The predicted octanol–water partition coefficient (Wildman–Crippen LogP) is 5.12. The number of nitro groups is 1. The van der Waals surface area contributed by atoms with Crippen molar-refractivity contribution < 1.29 is 35.4 Å². The first-order valence-corrected chi connectivity index (χ1v) is 18.0. The number of hydrogen-bond donors (Lipinski definition) is 0. The van der Waals surface area contributed by atoms with Crippen molar-refractivity contribution in [2.24, 2.45) is 5.41 Å². The van der Waals surface area contributed by atoms with Gasteiger partial charge in [0, 0.05) is 17.0 Å². The van der Waals surface area contributed by atoms with E-state index >= 15 is 0 Å². The van der Waals surface area contributed by atoms with Crippen molar-refractivity contribution >= 4 is 91.6 Å². The number of aromatic nitrogens is 1. The van der Waals surface area contributed by atoms with Gasteiger partial charge in [-0.2, -0.15) is 4.57 Å². The highest BCUT2D eigenvalue weighted by Crippen LogP contribution is 2.53. The van der Waals surface area contributed by atoms with Crippen molar-refractivity contribution in [2.75, 3.05) is 10.8 Å². The van der Waals surface area contributed by atoms with Gasteiger partial charge in [-0.1, -0.05) is 54.4 Å². The summed E-state index contributed by atoms with van der Waals surface area (Å²) in [5, 5.41) is 12.5. The third kappa shape index (κ3) is 6.51. The number of anilines is 1. The van der Waals surface area contributed by atoms with Crippen LogP contribution in [0.2, 0.25) is 0 Å². The minimum absolute atomic E-state index is 0.146. The second-order valence-corrected chi connectivity index (χ2v) is 17.4. The zero-order valence-corrected chi connectivity index (χ0v) is 26.2. The molecule has 0 aromatic carbocycles. The van der Waals surface area contributed by atoms with Crippen LogP contribution in [-0.2, 0) is 26.1 Å². The van der Waals surface area contributed by atoms with E-state index in [-0.39, 0.29) is 10.4 Å². The molecule has 3 aromatic heterocycles. The fraction of sp³-hybridized carbons (Fsp3) is 0.348. The molecule has 5 rings (SSSR count). The number of thioether (sulfide) groups is 1. The number of rotatable bonds is 7. The highest BCUT2D eigenvalue weighted by Gasteiger charge is 2.34. The molecule has 0 radical (unpaired) electrons. The van der Waals surface area contributed by atoms with Crippen LogP contribution in [0.1, 0.15) is 36.6 Å². The number of aryl methyl sites for hydroxylation is 1. The molecule has 0 saturated carbocycles. The third-order valence-electron chi connectivity index (χ3n) is 6.03. The molecule has 40 heavy (non-hydrogen) atoms. The van der Waals surface area contributed by atoms with Crippen molar-refractivity contribution in [1.29, 1.82) is 0 Å². The van der Waals surface area contributed by atoms with Gasteiger partial charge in [0.1, 0.15) is 25.7 Å². The summed E-state index contributed by atoms with van der Waals surface area (Å²) in [4.78, 5) is 14.2. The molecular weight excluding hydrogens is 639 g/mol. The number of hydrogen-bond acceptors (Lipinski definition) is 13. The minimum Gasteiger partial charge on any atom is -0.747 e. The number of allylic oxidation sites excluding steroid dienone is 4. The Morgan fingerprint density at radius 1 is 1.07 bits per heavy atom. The van der Waals surface area contributed by atoms with Gasteiger partial charge >= 0.3 is 5.00 Å². The van der Waals surface area contributed by atoms with Crippen molar-refractivity contribution in [3.8, 4) is 0 Å². The summed E-state index contributed by atoms with van der Waals surface area (Å²) in [5.41, 5.74) is 1.53. The average Bonchev–Trinajstić information content (AvgIpc) is 3.48. The van der Waals surface area contributed by atoms with E-state index in [1.165, 1.54) is 38.2 Å². The Morgan fingerprint density at radius 2 is 1.80 bits per heavy atom. The summed E-state index contributed by atoms with van der Waals surface area (Å²) in [6.07, 6.45) is 6.90. The molecule has 1 aliphatic heterocycles. The highest BCUT2D eigenvalue weighted by atomic mass is 32.2. The zero-order valence-electron chi connectivity index (χ0n) is 21.3. The Morgan fingerprint density at radius 3 is 2.45 bits per heavy atom. The predicted molar refractivity (Wildman–Crippen MR) is 155 cm³/mol. The Bertz CT molecular complexity index is 1860. The molecule has 0 saturated heterocycles. The summed E-state index contributed by atoms with van der Waals surface area (Å²) in [6.45, 7) is 6.05. The van der Waals surface area contributed by atoms with Crippen LogP contribution in [0.4, 0.5) is 10.0 Å². The molecular formula is C23H22N3O8S6-. The first-order chi connectivity index (χ1) is 18.5. The molecule has 0 N–H and O–H groups in total. The van der Waals surface area contributed by atoms with Crippen molar-refractivity contribution in [3.63, 3.8) is 0 Å². The molecule has 11 nitrogen and oxygen atoms in total. The molecule has 2 aliphatic rings. The lowest BCUT2D eigenvalue weighted by atomic mass is 9.75. The summed E-state index contributed by atoms with van der Waals surface area (Å²) < 4.78 is 72.5. The van der Waals surface area contributed by atoms with Gasteiger partial charge in [-0.3, -0.25) is 10.1 Å². The normalized spacial score (nSPS) is 19.5. The lowest BCUT2D eigenvalue weighted by Crippen LogP contribution is -2.38. The Balaban J connectivity index is 1.56. The summed E-state index contributed by atoms with van der Waals surface area (Å²) in [6, 6.07) is 3.32. The lowest BCUT2D eigenvalue weighted by molar-refractivity contribution is -0.647. The third-order valence-corrected chi connectivity index (χ3v) is 11.8. The van der Waals surface area contributed by atoms with Crippen molar-refractivity contribution in [3.05, 3.63) is 60.5 Å². The fourth-order valence-corrected chi connectivity index (χ4v) is 11.0. The Labute approximate surface area is 246 Å². The lowest BCUT2D eigenvalue weighted by Gasteiger charge is -2.31. The van der Waals surface area contributed by atoms with Gasteiger partial charge in [-0.25, -0.2) is 16.8 Å². The van der Waals surface area contributed by atoms with Crippen LogP contribution in [0.3, 0.4) is 0 Å². The number of nitrogens with zero attached hydrogens (tertiary/aromatic N) is 3. The smallest absolute Gasteiger partial charge is 0.327 e. The zero-order chi connectivity index (χ0) is 29.2. The number of thiophene rings is 2. The Kier molecular flexibility index (Phi) is 7.57. The van der Waals surface area contributed by atoms with Crippen molar-refractivity contribution in [1.82, 2.24) is 0 Å². The van der Waals surface area contributed by atoms with E-state index < -0.39 is 36.9 Å². The van der Waals surface area contributed by atoms with Gasteiger partial charge < -0.3 is 14.0 Å². The maximum Gasteiger partial charge on any atom is 0.327 e. The molecule has 0 unspecified atom stereocenters. The van der Waals surface area contributed by atoms with Gasteiger partial charge in [0.2, 0.25) is 5.88 Å². The second-order valence-electron chi connectivity index (χ2n) is 10.2. The van der Waals surface area contributed by atoms with Crippen LogP contribution < -0.4 is 9.47 Å². The van der Waals surface area contributed by atoms with E-state index in [0.717, 1.165) is 43.8 Å². The first kappa shape index (κ1) is 29.4. The molecule has 0 amide bonds.